The predicted molar refractivity (Wildman–Crippen MR) is 95.8 cm³/mol. The number of ether oxygens (including phenoxy) is 1. The number of hydrogen-bond acceptors (Lipinski definition) is 2. The summed E-state index contributed by atoms with van der Waals surface area (Å²) in [5.41, 5.74) is 1.39. The summed E-state index contributed by atoms with van der Waals surface area (Å²) in [4.78, 5) is 14.0. The second-order valence-corrected chi connectivity index (χ2v) is 6.34. The summed E-state index contributed by atoms with van der Waals surface area (Å²) < 4.78 is 19.4. The minimum absolute atomic E-state index is 0.223. The third kappa shape index (κ3) is 5.03. The molecule has 1 fully saturated rings. The van der Waals surface area contributed by atoms with Gasteiger partial charge in [-0.3, -0.25) is 0 Å². The Bertz CT molecular complexity index is 685. The summed E-state index contributed by atoms with van der Waals surface area (Å²) in [7, 11) is 0. The number of urea groups is 1. The highest BCUT2D eigenvalue weighted by molar-refractivity contribution is 5.89. The van der Waals surface area contributed by atoms with Gasteiger partial charge in [0, 0.05) is 19.7 Å². The van der Waals surface area contributed by atoms with E-state index in [1.807, 2.05) is 18.2 Å². The summed E-state index contributed by atoms with van der Waals surface area (Å²) in [5.74, 6) is 0.0428. The van der Waals surface area contributed by atoms with Gasteiger partial charge in [-0.2, -0.15) is 0 Å². The fourth-order valence-corrected chi connectivity index (χ4v) is 2.98. The van der Waals surface area contributed by atoms with Crippen LogP contribution in [0.2, 0.25) is 0 Å². The van der Waals surface area contributed by atoms with E-state index < -0.39 is 5.82 Å². The van der Waals surface area contributed by atoms with Crippen molar-refractivity contribution in [2.45, 2.75) is 19.4 Å². The van der Waals surface area contributed by atoms with Crippen LogP contribution < -0.4 is 5.32 Å². The third-order valence-corrected chi connectivity index (χ3v) is 4.48. The molecule has 5 heteroatoms. The van der Waals surface area contributed by atoms with Crippen molar-refractivity contribution in [3.63, 3.8) is 0 Å². The molecule has 0 aromatic heterocycles. The Morgan fingerprint density at radius 1 is 1.08 bits per heavy atom. The highest BCUT2D eigenvalue weighted by Crippen LogP contribution is 2.20. The molecular weight excluding hydrogens is 319 g/mol. The summed E-state index contributed by atoms with van der Waals surface area (Å²) in [6, 6.07) is 16.1. The molecule has 1 heterocycles. The zero-order valence-electron chi connectivity index (χ0n) is 14.2. The van der Waals surface area contributed by atoms with Crippen molar-refractivity contribution in [3.05, 3.63) is 66.0 Å². The van der Waals surface area contributed by atoms with Crippen LogP contribution in [-0.2, 0) is 11.3 Å². The lowest BCUT2D eigenvalue weighted by molar-refractivity contribution is 0.0640. The van der Waals surface area contributed by atoms with Crippen LogP contribution in [0.4, 0.5) is 14.9 Å². The molecule has 2 aromatic rings. The smallest absolute Gasteiger partial charge is 0.321 e. The summed E-state index contributed by atoms with van der Waals surface area (Å²) in [6.07, 6.45) is 1.80. The van der Waals surface area contributed by atoms with Crippen molar-refractivity contribution >= 4 is 11.7 Å². The lowest BCUT2D eigenvalue weighted by Crippen LogP contribution is -2.41. The van der Waals surface area contributed by atoms with E-state index in [4.69, 9.17) is 4.74 Å². The summed E-state index contributed by atoms with van der Waals surface area (Å²) in [6.45, 7) is 2.66. The SMILES string of the molecule is O=C(Nc1ccccc1F)N1CCC(COCc2ccccc2)CC1. The number of likely N-dealkylation sites (tertiary alicyclic amines) is 1. The Morgan fingerprint density at radius 3 is 2.48 bits per heavy atom. The molecule has 1 N–H and O–H groups in total. The highest BCUT2D eigenvalue weighted by atomic mass is 19.1. The zero-order valence-corrected chi connectivity index (χ0v) is 14.2. The number of anilines is 1. The van der Waals surface area contributed by atoms with Crippen LogP contribution in [0.3, 0.4) is 0 Å². The number of halogens is 1. The largest absolute Gasteiger partial charge is 0.376 e. The molecule has 2 amide bonds. The minimum atomic E-state index is -0.417. The van der Waals surface area contributed by atoms with Crippen LogP contribution in [0, 0.1) is 11.7 Å². The number of carbonyl (C=O) groups is 1. The summed E-state index contributed by atoms with van der Waals surface area (Å²) >= 11 is 0. The van der Waals surface area contributed by atoms with Gasteiger partial charge in [0.05, 0.1) is 12.3 Å². The Balaban J connectivity index is 1.39. The van der Waals surface area contributed by atoms with Crippen LogP contribution in [0.25, 0.3) is 0 Å². The van der Waals surface area contributed by atoms with Crippen molar-refractivity contribution in [2.75, 3.05) is 25.0 Å². The van der Waals surface area contributed by atoms with Gasteiger partial charge in [0.25, 0.3) is 0 Å². The summed E-state index contributed by atoms with van der Waals surface area (Å²) in [5, 5.41) is 2.64. The quantitative estimate of drug-likeness (QED) is 0.881. The number of para-hydroxylation sites is 1. The molecule has 0 unspecified atom stereocenters. The molecule has 1 aliphatic rings. The first-order valence-corrected chi connectivity index (χ1v) is 8.64. The van der Waals surface area contributed by atoms with E-state index in [0.717, 1.165) is 12.8 Å². The molecule has 3 rings (SSSR count). The fraction of sp³-hybridized carbons (Fsp3) is 0.350. The average molecular weight is 342 g/mol. The van der Waals surface area contributed by atoms with Crippen molar-refractivity contribution in [1.29, 1.82) is 0 Å². The maximum atomic E-state index is 13.6. The first-order valence-electron chi connectivity index (χ1n) is 8.64. The Hall–Kier alpha value is -2.40. The van der Waals surface area contributed by atoms with Crippen molar-refractivity contribution < 1.29 is 13.9 Å². The average Bonchev–Trinajstić information content (AvgIpc) is 2.65. The Morgan fingerprint density at radius 2 is 1.76 bits per heavy atom. The molecule has 1 aliphatic heterocycles. The molecule has 25 heavy (non-hydrogen) atoms. The first-order chi connectivity index (χ1) is 12.2. The maximum Gasteiger partial charge on any atom is 0.321 e. The molecule has 0 bridgehead atoms. The maximum absolute atomic E-state index is 13.6. The standard InChI is InChI=1S/C20H23FN2O2/c21-18-8-4-5-9-19(18)22-20(24)23-12-10-17(11-13-23)15-25-14-16-6-2-1-3-7-16/h1-9,17H,10-15H2,(H,22,24). The van der Waals surface area contributed by atoms with Gasteiger partial charge in [-0.05, 0) is 36.5 Å². The van der Waals surface area contributed by atoms with E-state index >= 15 is 0 Å². The molecule has 0 spiro atoms. The molecule has 0 radical (unpaired) electrons. The van der Waals surface area contributed by atoms with Gasteiger partial charge in [0.1, 0.15) is 5.82 Å². The van der Waals surface area contributed by atoms with E-state index in [0.29, 0.717) is 32.2 Å². The number of nitrogens with one attached hydrogen (secondary N) is 1. The van der Waals surface area contributed by atoms with Crippen molar-refractivity contribution in [2.24, 2.45) is 5.92 Å². The number of carbonyl (C=O) groups excluding carboxylic acids is 1. The zero-order chi connectivity index (χ0) is 17.5. The van der Waals surface area contributed by atoms with Gasteiger partial charge in [-0.1, -0.05) is 42.5 Å². The van der Waals surface area contributed by atoms with Crippen molar-refractivity contribution in [3.8, 4) is 0 Å². The van der Waals surface area contributed by atoms with Crippen molar-refractivity contribution in [1.82, 2.24) is 4.90 Å². The second kappa shape index (κ2) is 8.62. The van der Waals surface area contributed by atoms with E-state index in [1.165, 1.54) is 11.6 Å². The van der Waals surface area contributed by atoms with E-state index in [9.17, 15) is 9.18 Å². The van der Waals surface area contributed by atoms with Crippen LogP contribution in [0.5, 0.6) is 0 Å². The molecule has 4 nitrogen and oxygen atoms in total. The first kappa shape index (κ1) is 17.4. The monoisotopic (exact) mass is 342 g/mol. The van der Waals surface area contributed by atoms with Crippen LogP contribution >= 0.6 is 0 Å². The van der Waals surface area contributed by atoms with Gasteiger partial charge in [0.2, 0.25) is 0 Å². The van der Waals surface area contributed by atoms with E-state index in [-0.39, 0.29) is 11.7 Å². The topological polar surface area (TPSA) is 41.6 Å². The fourth-order valence-electron chi connectivity index (χ4n) is 2.98. The number of rotatable bonds is 5. The molecule has 1 saturated heterocycles. The van der Waals surface area contributed by atoms with Crippen LogP contribution in [-0.4, -0.2) is 30.6 Å². The molecular formula is C20H23FN2O2. The number of benzene rings is 2. The number of hydrogen-bond donors (Lipinski definition) is 1. The van der Waals surface area contributed by atoms with Gasteiger partial charge >= 0.3 is 6.03 Å². The molecule has 132 valence electrons. The third-order valence-electron chi connectivity index (χ3n) is 4.48. The lowest BCUT2D eigenvalue weighted by Gasteiger charge is -2.32. The number of nitrogens with zero attached hydrogens (tertiary/aromatic N) is 1. The predicted octanol–water partition coefficient (Wildman–Crippen LogP) is 4.29. The van der Waals surface area contributed by atoms with Gasteiger partial charge < -0.3 is 15.0 Å². The molecule has 0 saturated carbocycles. The van der Waals surface area contributed by atoms with Crippen LogP contribution in [0.1, 0.15) is 18.4 Å². The van der Waals surface area contributed by atoms with Crippen LogP contribution in [0.15, 0.2) is 54.6 Å². The molecule has 0 aliphatic carbocycles. The van der Waals surface area contributed by atoms with Gasteiger partial charge in [0.15, 0.2) is 0 Å². The number of amides is 2. The van der Waals surface area contributed by atoms with E-state index in [2.05, 4.69) is 17.4 Å². The number of piperidine rings is 1. The normalized spacial score (nSPS) is 15.2. The molecule has 2 aromatic carbocycles. The van der Waals surface area contributed by atoms with Gasteiger partial charge in [-0.15, -0.1) is 0 Å². The second-order valence-electron chi connectivity index (χ2n) is 6.34. The Kier molecular flexibility index (Phi) is 6.01. The van der Waals surface area contributed by atoms with Gasteiger partial charge in [-0.25, -0.2) is 9.18 Å². The van der Waals surface area contributed by atoms with E-state index in [1.54, 1.807) is 23.1 Å². The minimum Gasteiger partial charge on any atom is -0.376 e. The lowest BCUT2D eigenvalue weighted by atomic mass is 9.98. The highest BCUT2D eigenvalue weighted by Gasteiger charge is 2.23. The Labute approximate surface area is 147 Å². The molecule has 0 atom stereocenters.